The number of fused-ring (bicyclic) bond motifs is 1. The smallest absolute Gasteiger partial charge is 0.407 e. The van der Waals surface area contributed by atoms with Crippen LogP contribution in [0.2, 0.25) is 0 Å². The van der Waals surface area contributed by atoms with Gasteiger partial charge in [-0.3, -0.25) is 19.5 Å². The number of aryl methyl sites for hydroxylation is 1. The molecule has 0 aliphatic carbocycles. The molecule has 0 spiro atoms. The molecule has 5 amide bonds. The lowest BCUT2D eigenvalue weighted by molar-refractivity contribution is -0.131. The summed E-state index contributed by atoms with van der Waals surface area (Å²) in [6.07, 6.45) is -0.0966. The molecule has 63 heavy (non-hydrogen) atoms. The molecule has 1 aliphatic heterocycles. The molecule has 0 saturated carbocycles. The monoisotopic (exact) mass is 858 g/mol. The Labute approximate surface area is 370 Å². The number of aliphatic hydroxyl groups excluding tert-OH is 1. The van der Waals surface area contributed by atoms with Crippen molar-refractivity contribution in [2.45, 2.75) is 97.6 Å². The Morgan fingerprint density at radius 1 is 0.794 bits per heavy atom. The molecular weight excluding hydrogens is 797 g/mol. The molecule has 14 nitrogen and oxygen atoms in total. The molecule has 1 aliphatic rings. The fraction of sp³-hybridized carbons (Fsp3) is 0.429. The maximum Gasteiger partial charge on any atom is 0.407 e. The Balaban J connectivity index is 1.26. The van der Waals surface area contributed by atoms with Gasteiger partial charge in [0, 0.05) is 45.0 Å². The van der Waals surface area contributed by atoms with Crippen LogP contribution in [0.4, 0.5) is 9.59 Å². The van der Waals surface area contributed by atoms with Crippen LogP contribution in [0, 0.1) is 10.8 Å². The summed E-state index contributed by atoms with van der Waals surface area (Å²) in [5.41, 5.74) is 3.84. The number of carboxylic acid groups (broad SMARTS) is 1. The first-order chi connectivity index (χ1) is 29.8. The average molecular weight is 859 g/mol. The highest BCUT2D eigenvalue weighted by atomic mass is 16.4. The van der Waals surface area contributed by atoms with Crippen molar-refractivity contribution < 1.29 is 29.4 Å². The fourth-order valence-corrected chi connectivity index (χ4v) is 8.73. The maximum atomic E-state index is 14.7. The van der Waals surface area contributed by atoms with Gasteiger partial charge in [-0.25, -0.2) is 14.6 Å². The van der Waals surface area contributed by atoms with Gasteiger partial charge in [0.2, 0.25) is 11.8 Å². The van der Waals surface area contributed by atoms with Crippen molar-refractivity contribution in [3.63, 3.8) is 0 Å². The summed E-state index contributed by atoms with van der Waals surface area (Å²) in [5, 5.41) is 28.5. The second-order valence-electron chi connectivity index (χ2n) is 18.8. The first kappa shape index (κ1) is 46.2. The van der Waals surface area contributed by atoms with E-state index in [1.807, 2.05) is 129 Å². The van der Waals surface area contributed by atoms with E-state index in [9.17, 15) is 29.4 Å². The van der Waals surface area contributed by atoms with Crippen LogP contribution in [-0.2, 0) is 36.0 Å². The third kappa shape index (κ3) is 11.2. The molecule has 0 radical (unpaired) electrons. The summed E-state index contributed by atoms with van der Waals surface area (Å²) >= 11 is 0. The molecule has 0 bridgehead atoms. The predicted octanol–water partition coefficient (Wildman–Crippen LogP) is 6.52. The lowest BCUT2D eigenvalue weighted by atomic mass is 9.84. The molecule has 1 fully saturated rings. The number of carbonyl (C=O) groups is 4. The lowest BCUT2D eigenvalue weighted by Crippen LogP contribution is -2.59. The Kier molecular flexibility index (Phi) is 14.2. The number of carbonyl (C=O) groups excluding carboxylic acids is 3. The number of rotatable bonds is 16. The number of aromatic nitrogens is 3. The summed E-state index contributed by atoms with van der Waals surface area (Å²) in [6, 6.07) is 27.1. The zero-order valence-electron chi connectivity index (χ0n) is 37.7. The van der Waals surface area contributed by atoms with Gasteiger partial charge in [-0.05, 0) is 65.5 Å². The van der Waals surface area contributed by atoms with Gasteiger partial charge in [-0.15, -0.1) is 0 Å². The zero-order chi connectivity index (χ0) is 45.6. The Morgan fingerprint density at radius 3 is 2.06 bits per heavy atom. The van der Waals surface area contributed by atoms with E-state index in [1.165, 1.54) is 7.05 Å². The van der Waals surface area contributed by atoms with Crippen molar-refractivity contribution in [2.24, 2.45) is 17.9 Å². The van der Waals surface area contributed by atoms with Crippen LogP contribution < -0.4 is 10.6 Å². The van der Waals surface area contributed by atoms with Gasteiger partial charge in [0.05, 0.1) is 35.4 Å². The molecule has 1 saturated heterocycles. The standard InChI is InChI=1S/C49H62N8O6/c1-48(2,3)42(55(8)47(62)63)44(59)51-35(28-33-21-23-34(24-22-33)36-18-14-15-25-50-36)30-40(58)38(29-32-16-10-9-11-17-32)53-45(60)43(49(4,5)6)57-27-26-56(46(57)61)31-41-52-37-19-12-13-20-39(37)54(41)7/h9-25,35,38,40,42-43,58H,26-31H2,1-8H3,(H,51,59)(H,53,60)(H,62,63)/t35-,38-,40-,42+,43+/m0/s1. The molecule has 14 heteroatoms. The number of nitrogens with one attached hydrogen (secondary N) is 2. The summed E-state index contributed by atoms with van der Waals surface area (Å²) in [5.74, 6) is -0.160. The lowest BCUT2D eigenvalue weighted by Gasteiger charge is -2.38. The number of urea groups is 1. The van der Waals surface area contributed by atoms with Crippen LogP contribution >= 0.6 is 0 Å². The summed E-state index contributed by atoms with van der Waals surface area (Å²) < 4.78 is 1.98. The third-order valence-electron chi connectivity index (χ3n) is 11.8. The Bertz CT molecular complexity index is 2360. The van der Waals surface area contributed by atoms with E-state index in [-0.39, 0.29) is 25.4 Å². The van der Waals surface area contributed by atoms with Gasteiger partial charge in [0.25, 0.3) is 0 Å². The number of imidazole rings is 1. The van der Waals surface area contributed by atoms with Crippen LogP contribution in [0.1, 0.15) is 64.9 Å². The molecule has 6 rings (SSSR count). The topological polar surface area (TPSA) is 173 Å². The SMILES string of the molecule is CN(C(=O)O)[C@H](C(=O)N[C@@H](Cc1ccc(-c2ccccn2)cc1)C[C@H](O)[C@H](Cc1ccccc1)NC(=O)[C@@H](N1CCN(Cc2nc3ccccc3n2C)C1=O)C(C)(C)C)C(C)(C)C. The van der Waals surface area contributed by atoms with Gasteiger partial charge in [-0.2, -0.15) is 0 Å². The molecule has 2 aromatic heterocycles. The molecule has 3 heterocycles. The van der Waals surface area contributed by atoms with Gasteiger partial charge < -0.3 is 35.2 Å². The van der Waals surface area contributed by atoms with E-state index in [4.69, 9.17) is 4.98 Å². The minimum absolute atomic E-state index is 0.0216. The minimum Gasteiger partial charge on any atom is -0.465 e. The molecule has 5 aromatic rings. The number of aliphatic hydroxyl groups is 1. The molecule has 5 atom stereocenters. The first-order valence-corrected chi connectivity index (χ1v) is 21.6. The number of pyridine rings is 1. The van der Waals surface area contributed by atoms with Crippen molar-refractivity contribution >= 4 is 35.0 Å². The second-order valence-corrected chi connectivity index (χ2v) is 18.8. The highest BCUT2D eigenvalue weighted by Gasteiger charge is 2.45. The number of benzene rings is 3. The van der Waals surface area contributed by atoms with E-state index in [0.717, 1.165) is 44.1 Å². The van der Waals surface area contributed by atoms with E-state index < -0.39 is 59.0 Å². The molecule has 334 valence electrons. The van der Waals surface area contributed by atoms with Crippen LogP contribution in [0.5, 0.6) is 0 Å². The number of amides is 5. The number of hydrogen-bond acceptors (Lipinski definition) is 7. The van der Waals surface area contributed by atoms with Crippen LogP contribution in [-0.4, -0.2) is 114 Å². The Hall–Kier alpha value is -6.28. The largest absolute Gasteiger partial charge is 0.465 e. The van der Waals surface area contributed by atoms with Crippen LogP contribution in [0.15, 0.2) is 103 Å². The number of para-hydroxylation sites is 2. The van der Waals surface area contributed by atoms with Gasteiger partial charge >= 0.3 is 12.1 Å². The van der Waals surface area contributed by atoms with Gasteiger partial charge in [0.1, 0.15) is 17.9 Å². The molecule has 4 N–H and O–H groups in total. The minimum atomic E-state index is -1.24. The number of nitrogens with zero attached hydrogens (tertiary/aromatic N) is 6. The second kappa shape index (κ2) is 19.4. The van der Waals surface area contributed by atoms with E-state index >= 15 is 0 Å². The van der Waals surface area contributed by atoms with E-state index in [2.05, 4.69) is 15.6 Å². The van der Waals surface area contributed by atoms with E-state index in [1.54, 1.807) is 36.8 Å². The Morgan fingerprint density at radius 2 is 1.44 bits per heavy atom. The average Bonchev–Trinajstić information content (AvgIpc) is 3.74. The van der Waals surface area contributed by atoms with Crippen molar-refractivity contribution in [3.8, 4) is 11.3 Å². The highest BCUT2D eigenvalue weighted by Crippen LogP contribution is 2.30. The van der Waals surface area contributed by atoms with Crippen molar-refractivity contribution in [1.82, 2.24) is 39.9 Å². The van der Waals surface area contributed by atoms with Gasteiger partial charge in [0.15, 0.2) is 0 Å². The molecule has 3 aromatic carbocycles. The number of hydrogen-bond donors (Lipinski definition) is 4. The quantitative estimate of drug-likeness (QED) is 0.0869. The normalized spacial score (nSPS) is 15.7. The van der Waals surface area contributed by atoms with Crippen molar-refractivity contribution in [1.29, 1.82) is 0 Å². The number of likely N-dealkylation sites (N-methyl/N-ethyl adjacent to an activating group) is 1. The first-order valence-electron chi connectivity index (χ1n) is 21.6. The summed E-state index contributed by atoms with van der Waals surface area (Å²) in [6.45, 7) is 12.2. The summed E-state index contributed by atoms with van der Waals surface area (Å²) in [4.78, 5) is 68.8. The van der Waals surface area contributed by atoms with Crippen LogP contribution in [0.25, 0.3) is 22.3 Å². The maximum absolute atomic E-state index is 14.7. The van der Waals surface area contributed by atoms with Gasteiger partial charge in [-0.1, -0.05) is 114 Å². The molecule has 0 unspecified atom stereocenters. The van der Waals surface area contributed by atoms with Crippen LogP contribution in [0.3, 0.4) is 0 Å². The third-order valence-corrected chi connectivity index (χ3v) is 11.8. The van der Waals surface area contributed by atoms with Crippen molar-refractivity contribution in [3.05, 3.63) is 120 Å². The van der Waals surface area contributed by atoms with E-state index in [0.29, 0.717) is 19.5 Å². The highest BCUT2D eigenvalue weighted by molar-refractivity contribution is 5.89. The summed E-state index contributed by atoms with van der Waals surface area (Å²) in [7, 11) is 3.30. The zero-order valence-corrected chi connectivity index (χ0v) is 37.7. The molecular formula is C49H62N8O6. The fourth-order valence-electron chi connectivity index (χ4n) is 8.73. The predicted molar refractivity (Wildman–Crippen MR) is 244 cm³/mol. The van der Waals surface area contributed by atoms with Crippen molar-refractivity contribution in [2.75, 3.05) is 20.1 Å².